The lowest BCUT2D eigenvalue weighted by Crippen LogP contribution is -2.29. The average Bonchev–Trinajstić information content (AvgIpc) is 2.86. The molecule has 0 bridgehead atoms. The van der Waals surface area contributed by atoms with Crippen molar-refractivity contribution in [2.75, 3.05) is 6.61 Å². The van der Waals surface area contributed by atoms with Crippen LogP contribution in [0.3, 0.4) is 0 Å². The first-order valence-electron chi connectivity index (χ1n) is 7.29. The molecule has 1 aliphatic heterocycles. The summed E-state index contributed by atoms with van der Waals surface area (Å²) in [6.07, 6.45) is 1.59. The van der Waals surface area contributed by atoms with Crippen LogP contribution in [0.5, 0.6) is 0 Å². The minimum absolute atomic E-state index is 0.305. The Kier molecular flexibility index (Phi) is 5.57. The van der Waals surface area contributed by atoms with Crippen molar-refractivity contribution in [1.82, 2.24) is 0 Å². The first-order chi connectivity index (χ1) is 10.8. The molecule has 6 nitrogen and oxygen atoms in total. The minimum Gasteiger partial charge on any atom is -0.453 e. The highest BCUT2D eigenvalue weighted by molar-refractivity contribution is 7.84. The fourth-order valence-corrected chi connectivity index (χ4v) is 2.79. The molecule has 1 aromatic rings. The van der Waals surface area contributed by atoms with Gasteiger partial charge in [-0.3, -0.25) is 0 Å². The molecule has 0 aliphatic carbocycles. The largest absolute Gasteiger partial charge is 0.453 e. The molecule has 1 heterocycles. The SMILES string of the molecule is CCC1(CC)OC(COS(N)(=O)=O)=C(Cc2ccccc2Cl)O1. The van der Waals surface area contributed by atoms with Gasteiger partial charge in [0.15, 0.2) is 5.76 Å². The van der Waals surface area contributed by atoms with Gasteiger partial charge in [-0.05, 0) is 11.6 Å². The molecule has 128 valence electrons. The van der Waals surface area contributed by atoms with E-state index >= 15 is 0 Å². The quantitative estimate of drug-likeness (QED) is 0.806. The van der Waals surface area contributed by atoms with Crippen molar-refractivity contribution >= 4 is 21.9 Å². The molecular formula is C15H20ClNO5S. The van der Waals surface area contributed by atoms with Crippen LogP contribution < -0.4 is 5.14 Å². The van der Waals surface area contributed by atoms with Gasteiger partial charge in [0.05, 0.1) is 0 Å². The zero-order valence-electron chi connectivity index (χ0n) is 13.0. The number of ether oxygens (including phenoxy) is 2. The maximum atomic E-state index is 11.0. The van der Waals surface area contributed by atoms with Crippen LogP contribution in [0.4, 0.5) is 0 Å². The molecule has 0 saturated carbocycles. The summed E-state index contributed by atoms with van der Waals surface area (Å²) in [6.45, 7) is 3.56. The Morgan fingerprint density at radius 2 is 1.78 bits per heavy atom. The van der Waals surface area contributed by atoms with Gasteiger partial charge in [0.2, 0.25) is 5.79 Å². The van der Waals surface area contributed by atoms with Gasteiger partial charge in [0.25, 0.3) is 0 Å². The first-order valence-corrected chi connectivity index (χ1v) is 9.14. The number of rotatable bonds is 7. The summed E-state index contributed by atoms with van der Waals surface area (Å²) in [4.78, 5) is 0. The number of nitrogens with two attached hydrogens (primary N) is 1. The van der Waals surface area contributed by atoms with Crippen LogP contribution in [-0.4, -0.2) is 20.8 Å². The van der Waals surface area contributed by atoms with E-state index in [1.54, 1.807) is 6.07 Å². The number of hydrogen-bond donors (Lipinski definition) is 1. The molecule has 0 fully saturated rings. The molecule has 0 radical (unpaired) electrons. The summed E-state index contributed by atoms with van der Waals surface area (Å²) in [5.41, 5.74) is 0.851. The van der Waals surface area contributed by atoms with Crippen LogP contribution in [0.25, 0.3) is 0 Å². The summed E-state index contributed by atoms with van der Waals surface area (Å²) in [6, 6.07) is 7.35. The van der Waals surface area contributed by atoms with Crippen LogP contribution >= 0.6 is 11.6 Å². The standard InChI is InChI=1S/C15H20ClNO5S/c1-3-15(4-2)21-13(9-11-7-5-6-8-12(11)16)14(22-15)10-20-23(17,18)19/h5-8H,3-4,9-10H2,1-2H3,(H2,17,18,19). The zero-order valence-corrected chi connectivity index (χ0v) is 14.6. The van der Waals surface area contributed by atoms with Crippen molar-refractivity contribution in [2.45, 2.75) is 38.9 Å². The van der Waals surface area contributed by atoms with E-state index in [0.29, 0.717) is 35.8 Å². The molecule has 0 amide bonds. The van der Waals surface area contributed by atoms with Crippen LogP contribution in [0, 0.1) is 0 Å². The summed E-state index contributed by atoms with van der Waals surface area (Å²) in [5.74, 6) is 0.0151. The lowest BCUT2D eigenvalue weighted by Gasteiger charge is -2.26. The van der Waals surface area contributed by atoms with E-state index in [0.717, 1.165) is 5.56 Å². The molecule has 2 rings (SSSR count). The van der Waals surface area contributed by atoms with Gasteiger partial charge < -0.3 is 9.47 Å². The van der Waals surface area contributed by atoms with Crippen molar-refractivity contribution in [3.63, 3.8) is 0 Å². The summed E-state index contributed by atoms with van der Waals surface area (Å²) >= 11 is 6.17. The van der Waals surface area contributed by atoms with Gasteiger partial charge >= 0.3 is 10.3 Å². The molecule has 0 aromatic heterocycles. The maximum Gasteiger partial charge on any atom is 0.333 e. The second-order valence-electron chi connectivity index (χ2n) is 5.19. The maximum absolute atomic E-state index is 11.0. The van der Waals surface area contributed by atoms with E-state index in [4.69, 9.17) is 26.2 Å². The average molecular weight is 362 g/mol. The first kappa shape index (κ1) is 18.1. The summed E-state index contributed by atoms with van der Waals surface area (Å²) in [5, 5.41) is 5.48. The molecule has 1 aromatic carbocycles. The highest BCUT2D eigenvalue weighted by Gasteiger charge is 2.40. The van der Waals surface area contributed by atoms with Crippen molar-refractivity contribution < 1.29 is 22.1 Å². The Hall–Kier alpha value is -1.28. The van der Waals surface area contributed by atoms with Crippen molar-refractivity contribution in [3.05, 3.63) is 46.4 Å². The van der Waals surface area contributed by atoms with E-state index in [9.17, 15) is 8.42 Å². The molecule has 0 atom stereocenters. The van der Waals surface area contributed by atoms with Crippen molar-refractivity contribution in [1.29, 1.82) is 0 Å². The molecule has 1 aliphatic rings. The Bertz CT molecular complexity index is 698. The summed E-state index contributed by atoms with van der Waals surface area (Å²) < 4.78 is 38.5. The van der Waals surface area contributed by atoms with E-state index in [1.165, 1.54) is 0 Å². The highest BCUT2D eigenvalue weighted by atomic mass is 35.5. The van der Waals surface area contributed by atoms with Gasteiger partial charge in [-0.15, -0.1) is 0 Å². The predicted molar refractivity (Wildman–Crippen MR) is 86.7 cm³/mol. The fraction of sp³-hybridized carbons (Fsp3) is 0.467. The molecule has 8 heteroatoms. The number of allylic oxidation sites excluding steroid dienone is 1. The Morgan fingerprint density at radius 3 is 2.35 bits per heavy atom. The predicted octanol–water partition coefficient (Wildman–Crippen LogP) is 2.88. The van der Waals surface area contributed by atoms with Crippen LogP contribution in [0.1, 0.15) is 32.3 Å². The van der Waals surface area contributed by atoms with Crippen molar-refractivity contribution in [2.24, 2.45) is 5.14 Å². The highest BCUT2D eigenvalue weighted by Crippen LogP contribution is 2.38. The van der Waals surface area contributed by atoms with Crippen LogP contribution in [0.15, 0.2) is 35.8 Å². The smallest absolute Gasteiger partial charge is 0.333 e. The monoisotopic (exact) mass is 361 g/mol. The number of halogens is 1. The third-order valence-electron chi connectivity index (χ3n) is 3.67. The third-order valence-corrected chi connectivity index (χ3v) is 4.49. The lowest BCUT2D eigenvalue weighted by molar-refractivity contribution is -0.160. The molecule has 0 unspecified atom stereocenters. The number of benzene rings is 1. The summed E-state index contributed by atoms with van der Waals surface area (Å²) in [7, 11) is -4.06. The third kappa shape index (κ3) is 4.60. The Morgan fingerprint density at radius 1 is 1.17 bits per heavy atom. The van der Waals surface area contributed by atoms with E-state index in [-0.39, 0.29) is 6.61 Å². The molecule has 23 heavy (non-hydrogen) atoms. The molecule has 2 N–H and O–H groups in total. The van der Waals surface area contributed by atoms with Gasteiger partial charge in [-0.1, -0.05) is 43.6 Å². The van der Waals surface area contributed by atoms with E-state index in [1.807, 2.05) is 32.0 Å². The Labute approximate surface area is 141 Å². The Balaban J connectivity index is 2.26. The van der Waals surface area contributed by atoms with Crippen LogP contribution in [-0.2, 0) is 30.4 Å². The normalized spacial score (nSPS) is 17.0. The van der Waals surface area contributed by atoms with E-state index in [2.05, 4.69) is 4.18 Å². The van der Waals surface area contributed by atoms with Crippen molar-refractivity contribution in [3.8, 4) is 0 Å². The van der Waals surface area contributed by atoms with Gasteiger partial charge in [0, 0.05) is 24.3 Å². The molecular weight excluding hydrogens is 342 g/mol. The fourth-order valence-electron chi connectivity index (χ4n) is 2.32. The van der Waals surface area contributed by atoms with Crippen LogP contribution in [0.2, 0.25) is 5.02 Å². The van der Waals surface area contributed by atoms with E-state index < -0.39 is 16.1 Å². The molecule has 0 spiro atoms. The second kappa shape index (κ2) is 7.09. The second-order valence-corrected chi connectivity index (χ2v) is 6.82. The minimum atomic E-state index is -4.06. The molecule has 0 saturated heterocycles. The topological polar surface area (TPSA) is 87.9 Å². The van der Waals surface area contributed by atoms with Gasteiger partial charge in [-0.25, -0.2) is 9.32 Å². The van der Waals surface area contributed by atoms with Gasteiger partial charge in [-0.2, -0.15) is 8.42 Å². The lowest BCUT2D eigenvalue weighted by atomic mass is 10.1. The number of hydrogen-bond acceptors (Lipinski definition) is 5. The van der Waals surface area contributed by atoms with Gasteiger partial charge in [0.1, 0.15) is 12.4 Å². The zero-order chi connectivity index (χ0) is 17.1.